The van der Waals surface area contributed by atoms with Crippen LogP contribution in [0.1, 0.15) is 27.1 Å². The first-order valence-electron chi connectivity index (χ1n) is 5.54. The van der Waals surface area contributed by atoms with Gasteiger partial charge in [-0.15, -0.1) is 0 Å². The molecule has 1 radical (unpaired) electrons. The van der Waals surface area contributed by atoms with Gasteiger partial charge in [0.1, 0.15) is 0 Å². The average Bonchev–Trinajstić information content (AvgIpc) is 2.81. The summed E-state index contributed by atoms with van der Waals surface area (Å²) in [6.07, 6.45) is 0.968. The zero-order valence-electron chi connectivity index (χ0n) is 9.63. The number of rotatable bonds is 4. The molecule has 0 aromatic heterocycles. The second kappa shape index (κ2) is 5.55. The van der Waals surface area contributed by atoms with Crippen LogP contribution in [-0.4, -0.2) is 45.9 Å². The zero-order chi connectivity index (χ0) is 13.1. The molecule has 1 aromatic rings. The summed E-state index contributed by atoms with van der Waals surface area (Å²) in [6.45, 7) is 1.43. The van der Waals surface area contributed by atoms with Gasteiger partial charge in [-0.05, 0) is 0 Å². The molecule has 2 rings (SSSR count). The number of benzene rings is 1. The van der Waals surface area contributed by atoms with Crippen LogP contribution in [0.4, 0.5) is 0 Å². The van der Waals surface area contributed by atoms with Gasteiger partial charge in [-0.1, -0.05) is 0 Å². The van der Waals surface area contributed by atoms with Crippen LogP contribution >= 0.6 is 0 Å². The van der Waals surface area contributed by atoms with Crippen molar-refractivity contribution in [1.82, 2.24) is 0 Å². The molecule has 1 unspecified atom stereocenters. The summed E-state index contributed by atoms with van der Waals surface area (Å²) in [6, 6.07) is 4.87. The molecule has 1 atom stereocenters. The third-order valence-electron chi connectivity index (χ3n) is 2.75. The monoisotopic (exact) mass is 310 g/mol. The van der Waals surface area contributed by atoms with Crippen LogP contribution in [0.5, 0.6) is 0 Å². The Hall–Kier alpha value is -1.32. The molecule has 1 saturated heterocycles. The molecule has 0 saturated carbocycles. The Morgan fingerprint density at radius 3 is 2.78 bits per heavy atom. The number of hydrogen-bond acceptors (Lipinski definition) is 3. The van der Waals surface area contributed by atoms with Crippen molar-refractivity contribution in [2.75, 3.05) is 13.2 Å². The third-order valence-corrected chi connectivity index (χ3v) is 5.73. The molecule has 5 nitrogen and oxygen atoms in total. The van der Waals surface area contributed by atoms with E-state index in [1.54, 1.807) is 12.1 Å². The van der Waals surface area contributed by atoms with E-state index in [1.165, 1.54) is 6.07 Å². The number of carbonyl (C=O) groups is 2. The molecule has 1 aromatic carbocycles. The molecular weight excluding hydrogens is 297 g/mol. The van der Waals surface area contributed by atoms with Gasteiger partial charge in [0.25, 0.3) is 0 Å². The maximum absolute atomic E-state index is 11.5. The number of primary amides is 1. The van der Waals surface area contributed by atoms with Gasteiger partial charge in [-0.3, -0.25) is 0 Å². The number of aromatic carboxylic acids is 1. The van der Waals surface area contributed by atoms with E-state index in [1.807, 2.05) is 0 Å². The van der Waals surface area contributed by atoms with Crippen LogP contribution in [0.2, 0.25) is 4.71 Å². The summed E-state index contributed by atoms with van der Waals surface area (Å²) < 4.78 is 6.50. The van der Waals surface area contributed by atoms with Gasteiger partial charge < -0.3 is 0 Å². The van der Waals surface area contributed by atoms with E-state index in [0.29, 0.717) is 11.3 Å². The van der Waals surface area contributed by atoms with E-state index in [-0.39, 0.29) is 26.9 Å². The van der Waals surface area contributed by atoms with Gasteiger partial charge in [0.2, 0.25) is 0 Å². The first-order valence-corrected chi connectivity index (χ1v) is 7.56. The number of nitrogens with two attached hydrogens (primary N) is 1. The fourth-order valence-corrected chi connectivity index (χ4v) is 4.72. The van der Waals surface area contributed by atoms with Crippen molar-refractivity contribution in [1.29, 1.82) is 0 Å². The average molecular weight is 310 g/mol. The van der Waals surface area contributed by atoms with Crippen molar-refractivity contribution in [2.24, 2.45) is 5.73 Å². The van der Waals surface area contributed by atoms with Crippen LogP contribution in [0.25, 0.3) is 0 Å². The van der Waals surface area contributed by atoms with Gasteiger partial charge in [0.05, 0.1) is 0 Å². The van der Waals surface area contributed by atoms with E-state index in [4.69, 9.17) is 15.6 Å². The fourth-order valence-electron chi connectivity index (χ4n) is 1.91. The first kappa shape index (κ1) is 13.1. The predicted octanol–water partition coefficient (Wildman–Crippen LogP) is 0.0220. The Balaban J connectivity index is 2.36. The predicted molar refractivity (Wildman–Crippen MR) is 66.5 cm³/mol. The van der Waals surface area contributed by atoms with Crippen molar-refractivity contribution >= 4 is 32.0 Å². The van der Waals surface area contributed by atoms with E-state index in [9.17, 15) is 9.59 Å². The number of carbonyl (C=O) groups excluding carboxylic acids is 1. The van der Waals surface area contributed by atoms with Gasteiger partial charge >= 0.3 is 111 Å². The van der Waals surface area contributed by atoms with Gasteiger partial charge in [-0.2, -0.15) is 0 Å². The number of carboxylic acids is 1. The Morgan fingerprint density at radius 2 is 2.22 bits per heavy atom. The molecule has 1 aliphatic rings. The van der Waals surface area contributed by atoms with Crippen LogP contribution in [-0.2, 0) is 4.74 Å². The van der Waals surface area contributed by atoms with Crippen LogP contribution in [0.15, 0.2) is 18.2 Å². The molecule has 95 valence electrons. The van der Waals surface area contributed by atoms with Crippen molar-refractivity contribution in [3.8, 4) is 0 Å². The second-order valence-electron chi connectivity index (χ2n) is 4.02. The SMILES string of the molecule is NC(=O)c1c([As]C2CCOC2)cccc1C(=O)O. The van der Waals surface area contributed by atoms with E-state index >= 15 is 0 Å². The Morgan fingerprint density at radius 1 is 1.44 bits per heavy atom. The minimum atomic E-state index is -1.12. The quantitative estimate of drug-likeness (QED) is 0.767. The van der Waals surface area contributed by atoms with E-state index < -0.39 is 11.9 Å². The van der Waals surface area contributed by atoms with Gasteiger partial charge in [0, 0.05) is 0 Å². The Kier molecular flexibility index (Phi) is 4.04. The van der Waals surface area contributed by atoms with Crippen molar-refractivity contribution in [3.05, 3.63) is 29.3 Å². The molecule has 0 bridgehead atoms. The first-order chi connectivity index (χ1) is 8.59. The van der Waals surface area contributed by atoms with Crippen molar-refractivity contribution in [2.45, 2.75) is 11.1 Å². The number of ether oxygens (including phenoxy) is 1. The molecule has 1 aliphatic heterocycles. The Labute approximate surface area is 111 Å². The Bertz CT molecular complexity index is 483. The topological polar surface area (TPSA) is 89.6 Å². The zero-order valence-corrected chi connectivity index (χ0v) is 11.5. The number of carboxylic acid groups (broad SMARTS) is 1. The molecule has 1 fully saturated rings. The van der Waals surface area contributed by atoms with Crippen LogP contribution in [0, 0.1) is 0 Å². The standard InChI is InChI=1S/C12H13AsNO4/c14-11(15)10-8(12(16)17)2-1-3-9(10)13-7-4-5-18-6-7/h1-3,7H,4-6H2,(H2,14,15)(H,16,17). The van der Waals surface area contributed by atoms with E-state index in [2.05, 4.69) is 0 Å². The molecule has 3 N–H and O–H groups in total. The molecule has 0 aliphatic carbocycles. The summed E-state index contributed by atoms with van der Waals surface area (Å²) in [5.41, 5.74) is 5.47. The van der Waals surface area contributed by atoms with Gasteiger partial charge in [0.15, 0.2) is 0 Å². The summed E-state index contributed by atoms with van der Waals surface area (Å²) in [5.74, 6) is -1.79. The van der Waals surface area contributed by atoms with Crippen LogP contribution < -0.4 is 10.1 Å². The summed E-state index contributed by atoms with van der Waals surface area (Å²) in [7, 11) is 0. The molecule has 1 amide bonds. The summed E-state index contributed by atoms with van der Waals surface area (Å²) in [5, 5.41) is 9.08. The summed E-state index contributed by atoms with van der Waals surface area (Å²) in [4.78, 5) is 22.6. The summed E-state index contributed by atoms with van der Waals surface area (Å²) >= 11 is -0.303. The molecule has 0 spiro atoms. The molecule has 18 heavy (non-hydrogen) atoms. The normalized spacial score (nSPS) is 19.4. The van der Waals surface area contributed by atoms with E-state index in [0.717, 1.165) is 17.4 Å². The molecular formula is C12H13AsNO4. The van der Waals surface area contributed by atoms with Crippen molar-refractivity contribution in [3.63, 3.8) is 0 Å². The van der Waals surface area contributed by atoms with Crippen LogP contribution in [0.3, 0.4) is 0 Å². The minimum absolute atomic E-state index is 0.00534. The fraction of sp³-hybridized carbons (Fsp3) is 0.333. The number of hydrogen-bond donors (Lipinski definition) is 2. The molecule has 6 heteroatoms. The second-order valence-corrected chi connectivity index (χ2v) is 7.10. The third kappa shape index (κ3) is 2.74. The maximum atomic E-state index is 11.5. The molecule has 1 heterocycles. The van der Waals surface area contributed by atoms with Gasteiger partial charge in [-0.25, -0.2) is 0 Å². The number of amides is 1. The van der Waals surface area contributed by atoms with Crippen molar-refractivity contribution < 1.29 is 19.4 Å².